The van der Waals surface area contributed by atoms with Gasteiger partial charge in [-0.05, 0) is 12.8 Å². The Kier molecular flexibility index (Phi) is 5.00. The number of hydrogen-bond donors (Lipinski definition) is 1. The number of rotatable bonds is 5. The summed E-state index contributed by atoms with van der Waals surface area (Å²) >= 11 is 0. The fourth-order valence-corrected chi connectivity index (χ4v) is 2.48. The number of nitrogens with zero attached hydrogens (tertiary/aromatic N) is 3. The highest BCUT2D eigenvalue weighted by Gasteiger charge is 2.28. The normalized spacial score (nSPS) is 22.7. The first-order valence-electron chi connectivity index (χ1n) is 7.18. The largest absolute Gasteiger partial charge is 0.481 e. The highest BCUT2D eigenvalue weighted by atomic mass is 16.5. The van der Waals surface area contributed by atoms with Gasteiger partial charge in [-0.1, -0.05) is 13.8 Å². The molecule has 0 aromatic carbocycles. The minimum absolute atomic E-state index is 0.398. The van der Waals surface area contributed by atoms with E-state index in [9.17, 15) is 0 Å². The van der Waals surface area contributed by atoms with E-state index in [0.29, 0.717) is 29.8 Å². The summed E-state index contributed by atoms with van der Waals surface area (Å²) in [5, 5.41) is 3.57. The molecule has 1 aliphatic rings. The summed E-state index contributed by atoms with van der Waals surface area (Å²) in [5.41, 5.74) is 0. The molecule has 2 unspecified atom stereocenters. The Morgan fingerprint density at radius 2 is 1.85 bits per heavy atom. The predicted molar refractivity (Wildman–Crippen MR) is 78.6 cm³/mol. The van der Waals surface area contributed by atoms with Gasteiger partial charge in [0.15, 0.2) is 0 Å². The van der Waals surface area contributed by atoms with Crippen LogP contribution in [-0.2, 0) is 0 Å². The van der Waals surface area contributed by atoms with Crippen molar-refractivity contribution in [1.82, 2.24) is 15.3 Å². The summed E-state index contributed by atoms with van der Waals surface area (Å²) in [6.45, 7) is 6.24. The van der Waals surface area contributed by atoms with E-state index in [0.717, 1.165) is 25.9 Å². The fourth-order valence-electron chi connectivity index (χ4n) is 2.48. The topological polar surface area (TPSA) is 59.5 Å². The van der Waals surface area contributed by atoms with Crippen LogP contribution in [0.25, 0.3) is 0 Å². The molecule has 2 rings (SSSR count). The lowest BCUT2D eigenvalue weighted by Gasteiger charge is -2.40. The van der Waals surface area contributed by atoms with Gasteiger partial charge in [-0.15, -0.1) is 0 Å². The van der Waals surface area contributed by atoms with Crippen LogP contribution in [0.1, 0.15) is 26.7 Å². The van der Waals surface area contributed by atoms with Crippen LogP contribution < -0.4 is 19.7 Å². The third-order valence-corrected chi connectivity index (χ3v) is 3.81. The first-order chi connectivity index (χ1) is 9.71. The lowest BCUT2D eigenvalue weighted by atomic mass is 10.1. The summed E-state index contributed by atoms with van der Waals surface area (Å²) in [4.78, 5) is 11.2. The maximum Gasteiger partial charge on any atom is 0.232 e. The quantitative estimate of drug-likeness (QED) is 0.881. The molecule has 2 heterocycles. The number of ether oxygens (including phenoxy) is 2. The lowest BCUT2D eigenvalue weighted by Crippen LogP contribution is -2.56. The second-order valence-corrected chi connectivity index (χ2v) is 4.98. The van der Waals surface area contributed by atoms with Crippen LogP contribution >= 0.6 is 0 Å². The van der Waals surface area contributed by atoms with Gasteiger partial charge < -0.3 is 19.7 Å². The van der Waals surface area contributed by atoms with E-state index < -0.39 is 0 Å². The van der Waals surface area contributed by atoms with Crippen LogP contribution in [0, 0.1) is 0 Å². The Balaban J connectivity index is 2.30. The lowest BCUT2D eigenvalue weighted by molar-refractivity contribution is 0.355. The molecule has 0 saturated carbocycles. The molecular formula is C14H24N4O2. The van der Waals surface area contributed by atoms with Crippen molar-refractivity contribution >= 4 is 5.95 Å². The average molecular weight is 280 g/mol. The average Bonchev–Trinajstić information content (AvgIpc) is 2.53. The summed E-state index contributed by atoms with van der Waals surface area (Å²) < 4.78 is 10.5. The molecule has 6 nitrogen and oxygen atoms in total. The molecule has 1 aromatic heterocycles. The molecule has 0 spiro atoms. The molecule has 2 atom stereocenters. The van der Waals surface area contributed by atoms with Crippen molar-refractivity contribution in [2.24, 2.45) is 0 Å². The Morgan fingerprint density at radius 1 is 1.20 bits per heavy atom. The van der Waals surface area contributed by atoms with Crippen molar-refractivity contribution in [1.29, 1.82) is 0 Å². The molecule has 112 valence electrons. The summed E-state index contributed by atoms with van der Waals surface area (Å²) in [7, 11) is 3.21. The molecule has 1 N–H and O–H groups in total. The number of anilines is 1. The standard InChI is InChI=1S/C14H24N4O2/c1-5-10-9-18(11(6-2)8-15-10)14-16-12(19-3)7-13(17-14)20-4/h7,10-11,15H,5-6,8-9H2,1-4H3. The van der Waals surface area contributed by atoms with Gasteiger partial charge in [-0.25, -0.2) is 0 Å². The Labute approximate surface area is 120 Å². The first kappa shape index (κ1) is 14.8. The van der Waals surface area contributed by atoms with Gasteiger partial charge in [0.2, 0.25) is 17.7 Å². The molecule has 1 aliphatic heterocycles. The molecule has 1 saturated heterocycles. The smallest absolute Gasteiger partial charge is 0.232 e. The minimum atomic E-state index is 0.398. The predicted octanol–water partition coefficient (Wildman–Crippen LogP) is 1.46. The zero-order valence-electron chi connectivity index (χ0n) is 12.7. The number of piperazine rings is 1. The molecular weight excluding hydrogens is 256 g/mol. The van der Waals surface area contributed by atoms with Crippen molar-refractivity contribution in [2.45, 2.75) is 38.8 Å². The number of methoxy groups -OCH3 is 2. The van der Waals surface area contributed by atoms with Crippen LogP contribution in [-0.4, -0.2) is 49.4 Å². The highest BCUT2D eigenvalue weighted by Crippen LogP contribution is 2.24. The molecule has 20 heavy (non-hydrogen) atoms. The van der Waals surface area contributed by atoms with Crippen molar-refractivity contribution in [2.75, 3.05) is 32.2 Å². The van der Waals surface area contributed by atoms with E-state index >= 15 is 0 Å². The molecule has 0 radical (unpaired) electrons. The number of nitrogens with one attached hydrogen (secondary N) is 1. The van der Waals surface area contributed by atoms with E-state index in [1.54, 1.807) is 20.3 Å². The fraction of sp³-hybridized carbons (Fsp3) is 0.714. The Bertz CT molecular complexity index is 419. The second-order valence-electron chi connectivity index (χ2n) is 4.98. The molecule has 1 aromatic rings. The van der Waals surface area contributed by atoms with Crippen LogP contribution in [0.3, 0.4) is 0 Å². The van der Waals surface area contributed by atoms with Gasteiger partial charge in [0, 0.05) is 25.2 Å². The molecule has 1 fully saturated rings. The first-order valence-corrected chi connectivity index (χ1v) is 7.18. The van der Waals surface area contributed by atoms with Gasteiger partial charge in [0.05, 0.1) is 20.3 Å². The van der Waals surface area contributed by atoms with Gasteiger partial charge in [0.25, 0.3) is 0 Å². The van der Waals surface area contributed by atoms with E-state index in [2.05, 4.69) is 34.0 Å². The molecule has 0 bridgehead atoms. The van der Waals surface area contributed by atoms with E-state index in [4.69, 9.17) is 9.47 Å². The summed E-state index contributed by atoms with van der Waals surface area (Å²) in [5.74, 6) is 1.76. The zero-order chi connectivity index (χ0) is 14.5. The molecule has 6 heteroatoms. The van der Waals surface area contributed by atoms with E-state index in [1.165, 1.54) is 0 Å². The molecule has 0 amide bonds. The van der Waals surface area contributed by atoms with Gasteiger partial charge in [0.1, 0.15) is 0 Å². The van der Waals surface area contributed by atoms with Crippen LogP contribution in [0.2, 0.25) is 0 Å². The Morgan fingerprint density at radius 3 is 2.35 bits per heavy atom. The van der Waals surface area contributed by atoms with E-state index in [-0.39, 0.29) is 0 Å². The van der Waals surface area contributed by atoms with Gasteiger partial charge in [-0.3, -0.25) is 0 Å². The monoisotopic (exact) mass is 280 g/mol. The van der Waals surface area contributed by atoms with Crippen molar-refractivity contribution in [3.05, 3.63) is 6.07 Å². The summed E-state index contributed by atoms with van der Waals surface area (Å²) in [6.07, 6.45) is 2.14. The van der Waals surface area contributed by atoms with Gasteiger partial charge in [-0.2, -0.15) is 9.97 Å². The van der Waals surface area contributed by atoms with Crippen LogP contribution in [0.5, 0.6) is 11.8 Å². The van der Waals surface area contributed by atoms with Crippen LogP contribution in [0.15, 0.2) is 6.07 Å². The maximum absolute atomic E-state index is 5.24. The maximum atomic E-state index is 5.24. The van der Waals surface area contributed by atoms with Crippen molar-refractivity contribution in [3.8, 4) is 11.8 Å². The highest BCUT2D eigenvalue weighted by molar-refractivity contribution is 5.39. The number of aromatic nitrogens is 2. The van der Waals surface area contributed by atoms with Gasteiger partial charge >= 0.3 is 0 Å². The summed E-state index contributed by atoms with van der Waals surface area (Å²) in [6, 6.07) is 2.57. The zero-order valence-corrected chi connectivity index (χ0v) is 12.7. The molecule has 0 aliphatic carbocycles. The third kappa shape index (κ3) is 3.12. The van der Waals surface area contributed by atoms with Crippen LogP contribution in [0.4, 0.5) is 5.95 Å². The second kappa shape index (κ2) is 6.74. The minimum Gasteiger partial charge on any atom is -0.481 e. The van der Waals surface area contributed by atoms with E-state index in [1.807, 2.05) is 0 Å². The third-order valence-electron chi connectivity index (χ3n) is 3.81. The SMILES string of the molecule is CCC1CN(c2nc(OC)cc(OC)n2)C(CC)CN1. The number of hydrogen-bond acceptors (Lipinski definition) is 6. The van der Waals surface area contributed by atoms with Crippen molar-refractivity contribution in [3.63, 3.8) is 0 Å². The Hall–Kier alpha value is -1.56. The van der Waals surface area contributed by atoms with Crippen molar-refractivity contribution < 1.29 is 9.47 Å².